The highest BCUT2D eigenvalue weighted by molar-refractivity contribution is 5.82. The third-order valence-corrected chi connectivity index (χ3v) is 4.05. The first-order valence-corrected chi connectivity index (χ1v) is 6.94. The number of piperidine rings is 1. The lowest BCUT2D eigenvalue weighted by Crippen LogP contribution is -2.47. The number of halogens is 2. The molecule has 0 radical (unpaired) electrons. The van der Waals surface area contributed by atoms with E-state index in [9.17, 15) is 13.6 Å². The summed E-state index contributed by atoms with van der Waals surface area (Å²) in [4.78, 5) is 21.3. The van der Waals surface area contributed by atoms with Crippen molar-refractivity contribution in [3.63, 3.8) is 0 Å². The zero-order chi connectivity index (χ0) is 14.2. The summed E-state index contributed by atoms with van der Waals surface area (Å²) < 4.78 is 26.3. The van der Waals surface area contributed by atoms with Crippen molar-refractivity contribution in [2.45, 2.75) is 37.1 Å². The van der Waals surface area contributed by atoms with Crippen LogP contribution in [0.15, 0.2) is 12.4 Å². The molecule has 2 fully saturated rings. The van der Waals surface area contributed by atoms with Crippen LogP contribution in [0.4, 0.5) is 8.78 Å². The predicted octanol–water partition coefficient (Wildman–Crippen LogP) is 1.11. The first kappa shape index (κ1) is 13.5. The lowest BCUT2D eigenvalue weighted by Gasteiger charge is -2.33. The van der Waals surface area contributed by atoms with Gasteiger partial charge in [0.1, 0.15) is 5.82 Å². The number of nitrogens with one attached hydrogen (secondary N) is 2. The van der Waals surface area contributed by atoms with E-state index in [1.807, 2.05) is 0 Å². The Bertz CT molecular complexity index is 477. The van der Waals surface area contributed by atoms with Crippen LogP contribution in [0.1, 0.15) is 31.0 Å². The van der Waals surface area contributed by atoms with Crippen molar-refractivity contribution < 1.29 is 13.6 Å². The van der Waals surface area contributed by atoms with E-state index in [1.165, 1.54) is 0 Å². The molecule has 5 nitrogen and oxygen atoms in total. The summed E-state index contributed by atoms with van der Waals surface area (Å²) in [6.45, 7) is 0.786. The van der Waals surface area contributed by atoms with Gasteiger partial charge in [0.05, 0.1) is 12.6 Å². The largest absolute Gasteiger partial charge is 0.348 e. The zero-order valence-electron chi connectivity index (χ0n) is 11.1. The van der Waals surface area contributed by atoms with Crippen LogP contribution in [-0.2, 0) is 4.79 Å². The van der Waals surface area contributed by atoms with Crippen molar-refractivity contribution >= 4 is 5.91 Å². The number of H-pyrrole nitrogens is 1. The minimum Gasteiger partial charge on any atom is -0.348 e. The molecule has 3 heterocycles. The number of amides is 1. The molecule has 2 saturated heterocycles. The first-order valence-electron chi connectivity index (χ1n) is 6.94. The van der Waals surface area contributed by atoms with E-state index in [2.05, 4.69) is 15.3 Å². The average molecular weight is 284 g/mol. The lowest BCUT2D eigenvalue weighted by atomic mass is 9.96. The van der Waals surface area contributed by atoms with Gasteiger partial charge in [-0.15, -0.1) is 0 Å². The van der Waals surface area contributed by atoms with Crippen LogP contribution in [0.25, 0.3) is 0 Å². The van der Waals surface area contributed by atoms with Crippen molar-refractivity contribution in [1.29, 1.82) is 0 Å². The highest BCUT2D eigenvalue weighted by Crippen LogP contribution is 2.29. The van der Waals surface area contributed by atoms with E-state index in [-0.39, 0.29) is 11.8 Å². The molecule has 0 bridgehead atoms. The van der Waals surface area contributed by atoms with Crippen LogP contribution < -0.4 is 5.32 Å². The van der Waals surface area contributed by atoms with Gasteiger partial charge in [-0.05, 0) is 12.8 Å². The van der Waals surface area contributed by atoms with Crippen molar-refractivity contribution in [2.24, 2.45) is 0 Å². The van der Waals surface area contributed by atoms with Crippen LogP contribution in [0.2, 0.25) is 0 Å². The van der Waals surface area contributed by atoms with Crippen LogP contribution in [0.3, 0.4) is 0 Å². The molecule has 3 rings (SSSR count). The number of nitrogens with zero attached hydrogens (tertiary/aromatic N) is 2. The topological polar surface area (TPSA) is 61.0 Å². The van der Waals surface area contributed by atoms with E-state index < -0.39 is 24.9 Å². The number of hydrogen-bond donors (Lipinski definition) is 2. The van der Waals surface area contributed by atoms with Crippen molar-refractivity contribution in [3.05, 3.63) is 18.2 Å². The number of aromatic nitrogens is 2. The van der Waals surface area contributed by atoms with Crippen LogP contribution in [0.5, 0.6) is 0 Å². The maximum atomic E-state index is 13.2. The maximum Gasteiger partial charge on any atom is 0.262 e. The summed E-state index contributed by atoms with van der Waals surface area (Å²) in [5, 5.41) is 2.63. The van der Waals surface area contributed by atoms with Crippen molar-refractivity contribution in [3.8, 4) is 0 Å². The molecular weight excluding hydrogens is 266 g/mol. The number of imidazole rings is 1. The third-order valence-electron chi connectivity index (χ3n) is 4.05. The SMILES string of the molecule is O=C(C1CC(F)(F)CN1)N1CCCC(c2ncc[nH]2)C1. The fourth-order valence-electron chi connectivity index (χ4n) is 3.01. The van der Waals surface area contributed by atoms with Crippen LogP contribution in [0, 0.1) is 0 Å². The van der Waals surface area contributed by atoms with Crippen LogP contribution >= 0.6 is 0 Å². The van der Waals surface area contributed by atoms with Crippen molar-refractivity contribution in [1.82, 2.24) is 20.2 Å². The summed E-state index contributed by atoms with van der Waals surface area (Å²) in [6, 6.07) is -0.750. The minimum atomic E-state index is -2.77. The van der Waals surface area contributed by atoms with Gasteiger partial charge in [-0.2, -0.15) is 0 Å². The van der Waals surface area contributed by atoms with Gasteiger partial charge < -0.3 is 9.88 Å². The molecule has 2 atom stereocenters. The number of aromatic amines is 1. The molecule has 2 unspecified atom stereocenters. The summed E-state index contributed by atoms with van der Waals surface area (Å²) in [6.07, 6.45) is 4.89. The minimum absolute atomic E-state index is 0.171. The molecule has 0 spiro atoms. The number of carbonyl (C=O) groups excluding carboxylic acids is 1. The zero-order valence-corrected chi connectivity index (χ0v) is 11.1. The van der Waals surface area contributed by atoms with Gasteiger partial charge in [0.25, 0.3) is 5.92 Å². The highest BCUT2D eigenvalue weighted by atomic mass is 19.3. The Labute approximate surface area is 115 Å². The fraction of sp³-hybridized carbons (Fsp3) is 0.692. The first-order chi connectivity index (χ1) is 9.55. The Balaban J connectivity index is 1.64. The summed E-state index contributed by atoms with van der Waals surface area (Å²) in [5.41, 5.74) is 0. The highest BCUT2D eigenvalue weighted by Gasteiger charge is 2.44. The molecule has 1 amide bonds. The van der Waals surface area contributed by atoms with E-state index in [0.717, 1.165) is 18.7 Å². The molecule has 20 heavy (non-hydrogen) atoms. The second-order valence-electron chi connectivity index (χ2n) is 5.59. The molecular formula is C13H18F2N4O. The Hall–Kier alpha value is -1.50. The smallest absolute Gasteiger partial charge is 0.262 e. The Kier molecular flexibility index (Phi) is 3.45. The number of likely N-dealkylation sites (tertiary alicyclic amines) is 1. The molecule has 110 valence electrons. The van der Waals surface area contributed by atoms with Gasteiger partial charge >= 0.3 is 0 Å². The second-order valence-corrected chi connectivity index (χ2v) is 5.59. The van der Waals surface area contributed by atoms with Gasteiger partial charge in [0, 0.05) is 37.8 Å². The van der Waals surface area contributed by atoms with E-state index in [4.69, 9.17) is 0 Å². The van der Waals surface area contributed by atoms with Gasteiger partial charge in [-0.25, -0.2) is 13.8 Å². The molecule has 7 heteroatoms. The van der Waals surface area contributed by atoms with Gasteiger partial charge in [-0.3, -0.25) is 10.1 Å². The number of alkyl halides is 2. The third kappa shape index (κ3) is 2.67. The Morgan fingerprint density at radius 2 is 2.35 bits per heavy atom. The van der Waals surface area contributed by atoms with Crippen molar-refractivity contribution in [2.75, 3.05) is 19.6 Å². The normalized spacial score (nSPS) is 29.6. The fourth-order valence-corrected chi connectivity index (χ4v) is 3.01. The molecule has 1 aromatic rings. The predicted molar refractivity (Wildman–Crippen MR) is 68.5 cm³/mol. The Morgan fingerprint density at radius 3 is 3.00 bits per heavy atom. The van der Waals surface area contributed by atoms with Gasteiger partial charge in [0.15, 0.2) is 0 Å². The maximum absolute atomic E-state index is 13.2. The molecule has 2 aliphatic rings. The molecule has 2 N–H and O–H groups in total. The molecule has 0 aliphatic carbocycles. The summed E-state index contributed by atoms with van der Waals surface area (Å²) in [7, 11) is 0. The van der Waals surface area contributed by atoms with E-state index >= 15 is 0 Å². The monoisotopic (exact) mass is 284 g/mol. The summed E-state index contributed by atoms with van der Waals surface area (Å²) in [5.74, 6) is -1.94. The van der Waals surface area contributed by atoms with E-state index in [0.29, 0.717) is 13.1 Å². The van der Waals surface area contributed by atoms with E-state index in [1.54, 1.807) is 17.3 Å². The molecule has 1 aromatic heterocycles. The molecule has 0 aromatic carbocycles. The lowest BCUT2D eigenvalue weighted by molar-refractivity contribution is -0.135. The number of rotatable bonds is 2. The quantitative estimate of drug-likeness (QED) is 0.855. The average Bonchev–Trinajstić information content (AvgIpc) is 3.07. The van der Waals surface area contributed by atoms with Gasteiger partial charge in [0.2, 0.25) is 5.91 Å². The molecule has 2 aliphatic heterocycles. The molecule has 0 saturated carbocycles. The summed E-state index contributed by atoms with van der Waals surface area (Å²) >= 11 is 0. The van der Waals surface area contributed by atoms with Crippen LogP contribution in [-0.4, -0.2) is 52.4 Å². The second kappa shape index (κ2) is 5.12. The van der Waals surface area contributed by atoms with Gasteiger partial charge in [-0.1, -0.05) is 0 Å². The standard InChI is InChI=1S/C13H18F2N4O/c14-13(15)6-10(18-8-13)12(20)19-5-1-2-9(7-19)11-16-3-4-17-11/h3-4,9-10,18H,1-2,5-8H2,(H,16,17). The number of hydrogen-bond acceptors (Lipinski definition) is 3. The number of carbonyl (C=O) groups is 1. The Morgan fingerprint density at radius 1 is 1.50 bits per heavy atom.